The first-order valence-electron chi connectivity index (χ1n) is 7.15. The molecule has 1 aromatic heterocycles. The summed E-state index contributed by atoms with van der Waals surface area (Å²) in [6.45, 7) is 4.57. The monoisotopic (exact) mass is 300 g/mol. The number of hydrogen-bond acceptors (Lipinski definition) is 4. The molecular weight excluding hydrogens is 276 g/mol. The van der Waals surface area contributed by atoms with Crippen LogP contribution < -0.4 is 10.0 Å². The van der Waals surface area contributed by atoms with Gasteiger partial charge >= 0.3 is 0 Å². The highest BCUT2D eigenvalue weighted by Crippen LogP contribution is 2.18. The van der Waals surface area contributed by atoms with E-state index in [1.165, 1.54) is 0 Å². The Kier molecular flexibility index (Phi) is 4.82. The lowest BCUT2D eigenvalue weighted by Crippen LogP contribution is -2.39. The van der Waals surface area contributed by atoms with Crippen molar-refractivity contribution < 1.29 is 8.42 Å². The smallest absolute Gasteiger partial charge is 0.215 e. The summed E-state index contributed by atoms with van der Waals surface area (Å²) in [5, 5.41) is 7.14. The Balaban J connectivity index is 1.89. The number of aromatic nitrogens is 2. The van der Waals surface area contributed by atoms with E-state index < -0.39 is 15.3 Å². The molecule has 0 spiro atoms. The maximum absolute atomic E-state index is 12.2. The highest BCUT2D eigenvalue weighted by atomic mass is 32.2. The summed E-state index contributed by atoms with van der Waals surface area (Å²) in [5.74, 6) is 0. The summed E-state index contributed by atoms with van der Waals surface area (Å²) in [6, 6.07) is 0.526. The van der Waals surface area contributed by atoms with Crippen molar-refractivity contribution in [1.82, 2.24) is 19.8 Å². The van der Waals surface area contributed by atoms with Gasteiger partial charge < -0.3 is 5.32 Å². The minimum Gasteiger partial charge on any atom is -0.313 e. The third kappa shape index (κ3) is 4.04. The first-order valence-corrected chi connectivity index (χ1v) is 8.70. The lowest BCUT2D eigenvalue weighted by Gasteiger charge is -2.14. The zero-order valence-electron chi connectivity index (χ0n) is 12.4. The van der Waals surface area contributed by atoms with Crippen LogP contribution >= 0.6 is 0 Å². The molecule has 1 unspecified atom stereocenters. The van der Waals surface area contributed by atoms with Gasteiger partial charge in [0, 0.05) is 37.9 Å². The van der Waals surface area contributed by atoms with Gasteiger partial charge in [-0.15, -0.1) is 0 Å². The Bertz CT molecular complexity index is 549. The topological polar surface area (TPSA) is 76.0 Å². The highest BCUT2D eigenvalue weighted by Gasteiger charge is 2.25. The molecule has 1 aromatic rings. The molecular formula is C13H24N4O2S. The Morgan fingerprint density at radius 3 is 2.80 bits per heavy atom. The summed E-state index contributed by atoms with van der Waals surface area (Å²) in [4.78, 5) is 0. The number of hydrogen-bond donors (Lipinski definition) is 2. The van der Waals surface area contributed by atoms with Gasteiger partial charge in [-0.25, -0.2) is 13.1 Å². The highest BCUT2D eigenvalue weighted by molar-refractivity contribution is 7.90. The molecule has 1 fully saturated rings. The van der Waals surface area contributed by atoms with Crippen LogP contribution in [0.1, 0.15) is 37.9 Å². The number of sulfonamides is 1. The van der Waals surface area contributed by atoms with Crippen LogP contribution in [-0.2, 0) is 30.0 Å². The second-order valence-electron chi connectivity index (χ2n) is 5.49. The van der Waals surface area contributed by atoms with Crippen molar-refractivity contribution in [3.8, 4) is 0 Å². The van der Waals surface area contributed by atoms with Gasteiger partial charge in [0.05, 0.1) is 10.9 Å². The normalized spacial score (nSPS) is 17.4. The van der Waals surface area contributed by atoms with Crippen LogP contribution in [0.2, 0.25) is 0 Å². The summed E-state index contributed by atoms with van der Waals surface area (Å²) in [5.41, 5.74) is 1.89. The molecule has 1 saturated carbocycles. The number of nitrogens with one attached hydrogen (secondary N) is 2. The minimum atomic E-state index is -3.29. The van der Waals surface area contributed by atoms with E-state index in [-0.39, 0.29) is 0 Å². The molecule has 0 aliphatic heterocycles. The molecule has 1 heterocycles. The van der Waals surface area contributed by atoms with Crippen molar-refractivity contribution in [1.29, 1.82) is 0 Å². The van der Waals surface area contributed by atoms with Gasteiger partial charge in [-0.05, 0) is 26.2 Å². The molecule has 1 aliphatic carbocycles. The molecule has 114 valence electrons. The maximum Gasteiger partial charge on any atom is 0.215 e. The zero-order chi connectivity index (χ0) is 14.8. The van der Waals surface area contributed by atoms with Gasteiger partial charge in [0.2, 0.25) is 10.0 Å². The fourth-order valence-electron chi connectivity index (χ4n) is 2.08. The van der Waals surface area contributed by atoms with Crippen molar-refractivity contribution in [2.24, 2.45) is 7.05 Å². The van der Waals surface area contributed by atoms with Gasteiger partial charge in [-0.1, -0.05) is 6.92 Å². The van der Waals surface area contributed by atoms with E-state index in [2.05, 4.69) is 15.1 Å². The van der Waals surface area contributed by atoms with Gasteiger partial charge in [0.15, 0.2) is 0 Å². The summed E-state index contributed by atoms with van der Waals surface area (Å²) < 4.78 is 28.7. The molecule has 0 saturated heterocycles. The third-order valence-corrected chi connectivity index (χ3v) is 5.36. The van der Waals surface area contributed by atoms with E-state index in [0.29, 0.717) is 19.1 Å². The van der Waals surface area contributed by atoms with E-state index >= 15 is 0 Å². The Hall–Kier alpha value is -0.920. The Labute approximate surface area is 121 Å². The predicted molar refractivity (Wildman–Crippen MR) is 78.8 cm³/mol. The molecule has 20 heavy (non-hydrogen) atoms. The summed E-state index contributed by atoms with van der Waals surface area (Å²) in [7, 11) is -1.45. The van der Waals surface area contributed by atoms with Crippen LogP contribution in [0.25, 0.3) is 0 Å². The first-order chi connectivity index (χ1) is 9.42. The lowest BCUT2D eigenvalue weighted by molar-refractivity contribution is 0.556. The first kappa shape index (κ1) is 15.5. The van der Waals surface area contributed by atoms with Gasteiger partial charge in [0.1, 0.15) is 0 Å². The van der Waals surface area contributed by atoms with Crippen molar-refractivity contribution in [2.75, 3.05) is 6.54 Å². The van der Waals surface area contributed by atoms with E-state index in [1.54, 1.807) is 11.6 Å². The van der Waals surface area contributed by atoms with Crippen LogP contribution in [0.15, 0.2) is 6.20 Å². The molecule has 1 aliphatic rings. The van der Waals surface area contributed by atoms with Gasteiger partial charge in [0.25, 0.3) is 0 Å². The third-order valence-electron chi connectivity index (χ3n) is 3.59. The van der Waals surface area contributed by atoms with Crippen molar-refractivity contribution in [2.45, 2.75) is 50.9 Å². The van der Waals surface area contributed by atoms with Crippen LogP contribution in [0.5, 0.6) is 0 Å². The molecule has 1 atom stereocenters. The van der Waals surface area contributed by atoms with Crippen molar-refractivity contribution >= 4 is 10.0 Å². The molecule has 0 amide bonds. The van der Waals surface area contributed by atoms with Crippen LogP contribution in [0.3, 0.4) is 0 Å². The summed E-state index contributed by atoms with van der Waals surface area (Å²) in [6.07, 6.45) is 5.00. The fraction of sp³-hybridized carbons (Fsp3) is 0.769. The Morgan fingerprint density at radius 2 is 2.20 bits per heavy atom. The molecule has 0 radical (unpaired) electrons. The molecule has 7 heteroatoms. The number of nitrogens with zero attached hydrogens (tertiary/aromatic N) is 2. The quantitative estimate of drug-likeness (QED) is 0.735. The summed E-state index contributed by atoms with van der Waals surface area (Å²) >= 11 is 0. The molecule has 6 nitrogen and oxygen atoms in total. The SMILES string of the molecule is CCc1nn(C)cc1CNS(=O)(=O)C(C)CNC1CC1. The second-order valence-corrected chi connectivity index (χ2v) is 7.67. The number of rotatable bonds is 8. The van der Waals surface area contributed by atoms with Crippen molar-refractivity contribution in [3.63, 3.8) is 0 Å². The predicted octanol–water partition coefficient (Wildman–Crippen LogP) is 0.542. The molecule has 0 bridgehead atoms. The zero-order valence-corrected chi connectivity index (χ0v) is 13.2. The van der Waals surface area contributed by atoms with Gasteiger partial charge in [-0.2, -0.15) is 5.10 Å². The average molecular weight is 300 g/mol. The largest absolute Gasteiger partial charge is 0.313 e. The van der Waals surface area contributed by atoms with Crippen LogP contribution in [-0.4, -0.2) is 36.0 Å². The standard InChI is InChI=1S/C13H24N4O2S/c1-4-13-11(9-17(3)16-13)8-15-20(18,19)10(2)7-14-12-5-6-12/h9-10,12,14-15H,4-8H2,1-3H3. The molecule has 2 N–H and O–H groups in total. The fourth-order valence-corrected chi connectivity index (χ4v) is 3.04. The number of aryl methyl sites for hydroxylation is 2. The maximum atomic E-state index is 12.2. The van der Waals surface area contributed by atoms with Crippen LogP contribution in [0, 0.1) is 0 Å². The van der Waals surface area contributed by atoms with Gasteiger partial charge in [-0.3, -0.25) is 4.68 Å². The molecule has 0 aromatic carbocycles. The van der Waals surface area contributed by atoms with E-state index in [9.17, 15) is 8.42 Å². The minimum absolute atomic E-state index is 0.313. The van der Waals surface area contributed by atoms with Crippen LogP contribution in [0.4, 0.5) is 0 Å². The van der Waals surface area contributed by atoms with E-state index in [4.69, 9.17) is 0 Å². The second kappa shape index (κ2) is 6.24. The Morgan fingerprint density at radius 1 is 1.50 bits per heavy atom. The lowest BCUT2D eigenvalue weighted by atomic mass is 10.2. The molecule has 2 rings (SSSR count). The average Bonchev–Trinajstić information content (AvgIpc) is 3.16. The van der Waals surface area contributed by atoms with Crippen molar-refractivity contribution in [3.05, 3.63) is 17.5 Å². The van der Waals surface area contributed by atoms with E-state index in [0.717, 1.165) is 30.5 Å². The van der Waals surface area contributed by atoms with E-state index in [1.807, 2.05) is 20.2 Å².